The molecular weight excluding hydrogens is 826 g/mol. The normalized spacial score (nSPS) is 14.7. The number of carbonyl (C=O) groups is 10. The largest absolute Gasteiger partial charge is 0.481 e. The maximum absolute atomic E-state index is 14.3. The van der Waals surface area contributed by atoms with Gasteiger partial charge in [0.05, 0.1) is 12.8 Å². The van der Waals surface area contributed by atoms with Crippen LogP contribution in [0, 0.1) is 18.3 Å². The van der Waals surface area contributed by atoms with E-state index in [1.54, 1.807) is 84.9 Å². The summed E-state index contributed by atoms with van der Waals surface area (Å²) in [4.78, 5) is 128. The van der Waals surface area contributed by atoms with Crippen molar-refractivity contribution in [3.05, 3.63) is 47.5 Å². The number of carbonyl (C=O) groups excluding carboxylic acids is 7. The van der Waals surface area contributed by atoms with E-state index in [4.69, 9.17) is 10.8 Å². The quantitative estimate of drug-likeness (QED) is 0.0406. The molecule has 21 heteroatoms. The number of nitrogens with one attached hydrogen (secondary N) is 6. The molecule has 1 rings (SSSR count). The monoisotopic (exact) mass is 889 g/mol. The zero-order chi connectivity index (χ0) is 48.2. The van der Waals surface area contributed by atoms with Gasteiger partial charge in [-0.15, -0.1) is 0 Å². The highest BCUT2D eigenvalue weighted by Crippen LogP contribution is 2.22. The Hall–Kier alpha value is -6.38. The number of carboxylic acid groups (broad SMARTS) is 3. The van der Waals surface area contributed by atoms with Gasteiger partial charge in [-0.05, 0) is 55.6 Å². The smallest absolute Gasteiger partial charge is 0.305 e. The molecule has 0 aromatic heterocycles. The fraction of sp³-hybridized carbons (Fsp3) is 0.571. The average molecular weight is 890 g/mol. The Kier molecular flexibility index (Phi) is 22.1. The second-order valence-electron chi connectivity index (χ2n) is 16.6. The van der Waals surface area contributed by atoms with Crippen molar-refractivity contribution in [2.45, 2.75) is 142 Å². The van der Waals surface area contributed by atoms with Gasteiger partial charge in [0, 0.05) is 25.7 Å². The summed E-state index contributed by atoms with van der Waals surface area (Å²) in [6.07, 6.45) is -0.395. The standard InChI is InChI=1S/C42H63N7O14/c1-8-9-12-19-42(63,40(43)62)49-38(60)27(20-23(2)3)47-39(61)34(41(5,6)7)48-37(59)28(21-25-14-11-10-13-24(25)4)46-35(57)26(15-17-31(51)52)45-36(58)29(22-33(55)56)44-30(50)16-18-32(53)54/h8-11,13-14,23,26-29,34,63H,12,15-22H2,1-7H3,(H2,43,62)(H,44,50)(H,45,58)(H,46,57)(H,47,61)(H,48,59)(H,49,60)(H,51,52)(H,53,54)(H,55,56)/t26-,27-,28-,29-,34+,42?/m0/s1. The Balaban J connectivity index is 3.60. The van der Waals surface area contributed by atoms with Crippen molar-refractivity contribution in [3.8, 4) is 0 Å². The van der Waals surface area contributed by atoms with Gasteiger partial charge in [0.15, 0.2) is 0 Å². The van der Waals surface area contributed by atoms with Crippen LogP contribution in [-0.2, 0) is 54.4 Å². The predicted octanol–water partition coefficient (Wildman–Crippen LogP) is -0.0956. The third-order valence-corrected chi connectivity index (χ3v) is 9.60. The fourth-order valence-electron chi connectivity index (χ4n) is 6.09. The Bertz CT molecular complexity index is 1860. The van der Waals surface area contributed by atoms with E-state index >= 15 is 0 Å². The van der Waals surface area contributed by atoms with Gasteiger partial charge in [-0.3, -0.25) is 47.9 Å². The molecule has 0 fully saturated rings. The van der Waals surface area contributed by atoms with Gasteiger partial charge in [0.1, 0.15) is 30.2 Å². The highest BCUT2D eigenvalue weighted by Gasteiger charge is 2.41. The SMILES string of the molecule is CC=CCCC(O)(NC(=O)[C@H](CC(C)C)NC(=O)[C@@H](NC(=O)[C@H](Cc1ccccc1C)NC(=O)[C@H](CCC(=O)O)NC(=O)[C@H](CC(=O)O)NC(=O)CCC(=O)O)C(C)(C)C)C(N)=O. The number of aryl methyl sites for hydroxylation is 1. The van der Waals surface area contributed by atoms with Crippen molar-refractivity contribution >= 4 is 59.3 Å². The van der Waals surface area contributed by atoms with Gasteiger partial charge < -0.3 is 58.1 Å². The molecule has 1 unspecified atom stereocenters. The first-order valence-corrected chi connectivity index (χ1v) is 20.4. The molecule has 0 saturated carbocycles. The predicted molar refractivity (Wildman–Crippen MR) is 226 cm³/mol. The van der Waals surface area contributed by atoms with Gasteiger partial charge in [0.25, 0.3) is 5.91 Å². The van der Waals surface area contributed by atoms with Crippen LogP contribution in [-0.4, -0.2) is 116 Å². The first-order valence-electron chi connectivity index (χ1n) is 20.4. The van der Waals surface area contributed by atoms with E-state index in [1.165, 1.54) is 0 Å². The summed E-state index contributed by atoms with van der Waals surface area (Å²) >= 11 is 0. The minimum absolute atomic E-state index is 0.0286. The van der Waals surface area contributed by atoms with Crippen LogP contribution in [0.15, 0.2) is 36.4 Å². The molecular formula is C42H63N7O14. The molecule has 63 heavy (non-hydrogen) atoms. The fourth-order valence-corrected chi connectivity index (χ4v) is 6.09. The van der Waals surface area contributed by atoms with E-state index < -0.39 is 133 Å². The summed E-state index contributed by atoms with van der Waals surface area (Å²) in [6, 6.07) is -0.972. The third kappa shape index (κ3) is 19.9. The zero-order valence-corrected chi connectivity index (χ0v) is 36.7. The first kappa shape index (κ1) is 54.6. The number of aliphatic hydroxyl groups is 1. The van der Waals surface area contributed by atoms with E-state index in [9.17, 15) is 63.3 Å². The van der Waals surface area contributed by atoms with E-state index in [-0.39, 0.29) is 31.6 Å². The molecule has 0 aliphatic carbocycles. The van der Waals surface area contributed by atoms with Crippen molar-refractivity contribution < 1.29 is 68.4 Å². The van der Waals surface area contributed by atoms with Crippen molar-refractivity contribution in [1.29, 1.82) is 0 Å². The lowest BCUT2D eigenvalue weighted by Gasteiger charge is -2.34. The van der Waals surface area contributed by atoms with Crippen LogP contribution < -0.4 is 37.6 Å². The molecule has 0 bridgehead atoms. The third-order valence-electron chi connectivity index (χ3n) is 9.60. The molecule has 350 valence electrons. The van der Waals surface area contributed by atoms with Gasteiger partial charge >= 0.3 is 17.9 Å². The number of benzene rings is 1. The number of aliphatic carboxylic acids is 3. The Morgan fingerprint density at radius 1 is 0.698 bits per heavy atom. The maximum Gasteiger partial charge on any atom is 0.305 e. The number of allylic oxidation sites excluding steroid dienone is 2. The van der Waals surface area contributed by atoms with Gasteiger partial charge in [-0.1, -0.05) is 71.0 Å². The zero-order valence-electron chi connectivity index (χ0n) is 36.7. The van der Waals surface area contributed by atoms with Crippen LogP contribution in [0.1, 0.15) is 104 Å². The Morgan fingerprint density at radius 3 is 1.78 bits per heavy atom. The van der Waals surface area contributed by atoms with Crippen LogP contribution in [0.25, 0.3) is 0 Å². The molecule has 7 amide bonds. The highest BCUT2D eigenvalue weighted by atomic mass is 16.4. The molecule has 0 spiro atoms. The van der Waals surface area contributed by atoms with Crippen LogP contribution in [0.5, 0.6) is 0 Å². The molecule has 21 nitrogen and oxygen atoms in total. The van der Waals surface area contributed by atoms with Crippen LogP contribution in [0.4, 0.5) is 0 Å². The summed E-state index contributed by atoms with van der Waals surface area (Å²) in [5.41, 5.74) is 3.18. The van der Waals surface area contributed by atoms with Crippen LogP contribution in [0.2, 0.25) is 0 Å². The Morgan fingerprint density at radius 2 is 1.25 bits per heavy atom. The van der Waals surface area contributed by atoms with Crippen LogP contribution >= 0.6 is 0 Å². The number of hydrogen-bond acceptors (Lipinski definition) is 11. The number of rotatable bonds is 27. The van der Waals surface area contributed by atoms with Gasteiger partial charge in [-0.25, -0.2) is 0 Å². The van der Waals surface area contributed by atoms with Gasteiger partial charge in [0.2, 0.25) is 41.2 Å². The first-order chi connectivity index (χ1) is 29.2. The summed E-state index contributed by atoms with van der Waals surface area (Å²) in [6.45, 7) is 11.8. The number of hydrogen-bond donors (Lipinski definition) is 11. The van der Waals surface area contributed by atoms with Crippen molar-refractivity contribution in [1.82, 2.24) is 31.9 Å². The molecule has 1 aromatic carbocycles. The summed E-state index contributed by atoms with van der Waals surface area (Å²) in [5.74, 6) is -11.7. The molecule has 0 aliphatic heterocycles. The van der Waals surface area contributed by atoms with Crippen molar-refractivity contribution in [2.75, 3.05) is 0 Å². The van der Waals surface area contributed by atoms with Crippen LogP contribution in [0.3, 0.4) is 0 Å². The molecule has 0 radical (unpaired) electrons. The Labute approximate surface area is 365 Å². The summed E-state index contributed by atoms with van der Waals surface area (Å²) < 4.78 is 0. The molecule has 0 saturated heterocycles. The number of carboxylic acids is 3. The van der Waals surface area contributed by atoms with Crippen molar-refractivity contribution in [2.24, 2.45) is 17.1 Å². The van der Waals surface area contributed by atoms with E-state index in [2.05, 4.69) is 31.9 Å². The van der Waals surface area contributed by atoms with E-state index in [0.717, 1.165) is 0 Å². The maximum atomic E-state index is 14.3. The minimum Gasteiger partial charge on any atom is -0.481 e. The van der Waals surface area contributed by atoms with Gasteiger partial charge in [-0.2, -0.15) is 0 Å². The highest BCUT2D eigenvalue weighted by molar-refractivity contribution is 5.98. The van der Waals surface area contributed by atoms with E-state index in [0.29, 0.717) is 11.1 Å². The summed E-state index contributed by atoms with van der Waals surface area (Å²) in [7, 11) is 0. The molecule has 0 heterocycles. The van der Waals surface area contributed by atoms with Crippen molar-refractivity contribution in [3.63, 3.8) is 0 Å². The number of primary amides is 1. The molecule has 6 atom stereocenters. The lowest BCUT2D eigenvalue weighted by molar-refractivity contribution is -0.149. The second-order valence-corrected chi connectivity index (χ2v) is 16.6. The average Bonchev–Trinajstić information content (AvgIpc) is 3.16. The number of amides is 7. The topological polar surface area (TPSA) is 350 Å². The summed E-state index contributed by atoms with van der Waals surface area (Å²) in [5, 5.41) is 53.1. The number of nitrogens with two attached hydrogens (primary N) is 1. The molecule has 12 N–H and O–H groups in total. The lowest BCUT2D eigenvalue weighted by Crippen LogP contribution is -2.64. The lowest BCUT2D eigenvalue weighted by atomic mass is 9.85. The van der Waals surface area contributed by atoms with E-state index in [1.807, 2.05) is 0 Å². The second kappa shape index (κ2) is 25.5. The minimum atomic E-state index is -2.45. The molecule has 1 aromatic rings. The molecule has 0 aliphatic rings.